The molecule has 37 heteroatoms. The van der Waals surface area contributed by atoms with Crippen molar-refractivity contribution >= 4 is 56.2 Å². The topological polar surface area (TPSA) is 381 Å². The first-order valence-electron chi connectivity index (χ1n) is 40.9. The van der Waals surface area contributed by atoms with E-state index in [0.29, 0.717) is 141 Å². The number of imidazole rings is 4. The summed E-state index contributed by atoms with van der Waals surface area (Å²) in [5, 5.41) is 26.3. The summed E-state index contributed by atoms with van der Waals surface area (Å²) in [6.45, 7) is 13.9. The number of ether oxygens (including phenoxy) is 5. The molecule has 0 radical (unpaired) electrons. The molecule has 20 rings (SSSR count). The van der Waals surface area contributed by atoms with Crippen LogP contribution in [0.1, 0.15) is 103 Å². The molecule has 0 bridgehead atoms. The first-order chi connectivity index (χ1) is 60.8. The van der Waals surface area contributed by atoms with Gasteiger partial charge in [-0.15, -0.1) is 0 Å². The molecule has 0 fully saturated rings. The molecule has 1 unspecified atom stereocenters. The number of fused-ring (bicyclic) bond motifs is 8. The van der Waals surface area contributed by atoms with Gasteiger partial charge in [-0.2, -0.15) is 15.3 Å². The predicted octanol–water partition coefficient (Wildman–Crippen LogP) is 12.3. The minimum absolute atomic E-state index is 0.234. The van der Waals surface area contributed by atoms with Gasteiger partial charge in [0.1, 0.15) is 51.9 Å². The number of rotatable bonds is 22. The minimum Gasteiger partial charge on any atom is -0.493 e. The number of hydrogen-bond acceptors (Lipinski definition) is 25. The van der Waals surface area contributed by atoms with E-state index in [1.54, 1.807) is 89.6 Å². The Kier molecular flexibility index (Phi) is 23.5. The maximum absolute atomic E-state index is 14.6. The van der Waals surface area contributed by atoms with Gasteiger partial charge < -0.3 is 62.2 Å². The molecule has 0 saturated carbocycles. The fourth-order valence-corrected chi connectivity index (χ4v) is 17.1. The van der Waals surface area contributed by atoms with Gasteiger partial charge in [-0.3, -0.25) is 31.6 Å². The Morgan fingerprint density at radius 3 is 1.09 bits per heavy atom. The molecule has 4 aliphatic rings. The van der Waals surface area contributed by atoms with E-state index in [-0.39, 0.29) is 53.8 Å². The lowest BCUT2D eigenvalue weighted by Gasteiger charge is -2.14. The molecule has 16 aromatic rings. The van der Waals surface area contributed by atoms with Crippen molar-refractivity contribution in [3.8, 4) is 67.9 Å². The van der Waals surface area contributed by atoms with Crippen molar-refractivity contribution in [3.63, 3.8) is 0 Å². The fraction of sp³-hybridized carbons (Fsp3) is 0.292. The van der Waals surface area contributed by atoms with Crippen molar-refractivity contribution in [1.29, 1.82) is 0 Å². The summed E-state index contributed by atoms with van der Waals surface area (Å²) in [4.78, 5) is 37.5. The minimum atomic E-state index is -3.32. The number of nitrogens with one attached hydrogen (secondary N) is 4. The number of methoxy groups -OCH3 is 1. The standard InChI is InChI=1S/C24H24FN5O3S.C22H24FN7O.C22H23FN6O2.C21H22FN7O/c1-14-9-16(34(2,31)32)3-4-17(14)20-12-28-24(30-13-15(10-26)29-23(20)30)27-11-19-18-7-8-33-22(18)6-5-21(19)25;1-12-8-19(29(3)28-12)16-10-26-22(30-11-18(13(2)24)27-21(16)30)25-9-15-14-6-7-31-20(14)5-4-17(15)23;1-13-8-19(28(2)27-13)17-10-25-22(29-11-14(12-30-3)26-21(17)29)24-9-16-15-6-7-31-20(15)5-4-18(16)23;1-12-7-18(28(2)27-12)16-10-25-21(29-11-13(8-23)26-20(16)29)24-9-15-14-5-6-30-19(14)4-3-17(15)22/h3-6,9,12-13H,7-8,10-11,26H2,1-2H3,(H,27,28);4-5,8,10-11,13H,6-7,9,24H2,1-3H3,(H,25,26);4-5,8,10-11H,6-7,9,12H2,1-3H3,(H,24,25);3-4,7,10-11H,5-6,8-9,23H2,1-2H3,(H,24,25). The molecule has 650 valence electrons. The molecular formula is C89H93F4N25O7S. The van der Waals surface area contributed by atoms with E-state index in [9.17, 15) is 26.0 Å². The molecule has 32 nitrogen and oxygen atoms in total. The first kappa shape index (κ1) is 84.3. The third-order valence-electron chi connectivity index (χ3n) is 22.5. The average molecular weight is 1730 g/mol. The third-order valence-corrected chi connectivity index (χ3v) is 23.6. The Bertz CT molecular complexity index is 7010. The van der Waals surface area contributed by atoms with E-state index in [1.165, 1.54) is 30.5 Å². The molecule has 1 atom stereocenters. The Morgan fingerprint density at radius 2 is 0.770 bits per heavy atom. The average Bonchev–Trinajstić information content (AvgIpc) is 1.65. The summed E-state index contributed by atoms with van der Waals surface area (Å²) >= 11 is 0. The quantitative estimate of drug-likeness (QED) is 0.0310. The monoisotopic (exact) mass is 1730 g/mol. The number of hydrogen-bond donors (Lipinski definition) is 7. The van der Waals surface area contributed by atoms with Crippen molar-refractivity contribution in [2.75, 3.05) is 61.1 Å². The Labute approximate surface area is 721 Å². The highest BCUT2D eigenvalue weighted by atomic mass is 32.2. The van der Waals surface area contributed by atoms with Crippen LogP contribution in [0.25, 0.3) is 67.5 Å². The lowest BCUT2D eigenvalue weighted by molar-refractivity contribution is 0.182. The lowest BCUT2D eigenvalue weighted by Crippen LogP contribution is -2.10. The molecule has 11 aromatic heterocycles. The Morgan fingerprint density at radius 1 is 0.444 bits per heavy atom. The molecule has 0 amide bonds. The van der Waals surface area contributed by atoms with E-state index >= 15 is 0 Å². The molecule has 0 spiro atoms. The van der Waals surface area contributed by atoms with E-state index in [1.807, 2.05) is 115 Å². The van der Waals surface area contributed by atoms with Crippen molar-refractivity contribution < 1.29 is 49.7 Å². The third kappa shape index (κ3) is 16.7. The molecule has 4 aliphatic heterocycles. The van der Waals surface area contributed by atoms with Gasteiger partial charge in [-0.05, 0) is 125 Å². The second-order valence-corrected chi connectivity index (χ2v) is 33.2. The molecular weight excluding hydrogens is 1640 g/mol. The van der Waals surface area contributed by atoms with Crippen molar-refractivity contribution in [2.45, 2.75) is 117 Å². The highest BCUT2D eigenvalue weighted by molar-refractivity contribution is 7.90. The predicted molar refractivity (Wildman–Crippen MR) is 467 cm³/mol. The van der Waals surface area contributed by atoms with Crippen molar-refractivity contribution in [3.05, 3.63) is 248 Å². The van der Waals surface area contributed by atoms with Crippen LogP contribution in [0.5, 0.6) is 23.0 Å². The smallest absolute Gasteiger partial charge is 0.208 e. The van der Waals surface area contributed by atoms with Crippen LogP contribution >= 0.6 is 0 Å². The van der Waals surface area contributed by atoms with Crippen LogP contribution in [-0.2, 0) is 107 Å². The van der Waals surface area contributed by atoms with Gasteiger partial charge in [0.15, 0.2) is 26.8 Å². The van der Waals surface area contributed by atoms with Crippen LogP contribution in [0.4, 0.5) is 41.4 Å². The zero-order valence-corrected chi connectivity index (χ0v) is 71.8. The molecule has 15 heterocycles. The number of sulfone groups is 1. The van der Waals surface area contributed by atoms with Gasteiger partial charge in [0.25, 0.3) is 0 Å². The largest absolute Gasteiger partial charge is 0.493 e. The van der Waals surface area contributed by atoms with Gasteiger partial charge in [0.2, 0.25) is 23.8 Å². The summed E-state index contributed by atoms with van der Waals surface area (Å²) < 4.78 is 122. The lowest BCUT2D eigenvalue weighted by atomic mass is 10.0. The van der Waals surface area contributed by atoms with Gasteiger partial charge in [0, 0.05) is 205 Å². The SMILES string of the molecule is COCc1cn2c(NCc3c(F)ccc4c3CCO4)ncc(-c3cc(C)nn3C)c2n1.Cc1cc(-c2cnc(NCc3c(F)ccc4c3CCO4)n3cc(C(C)N)nc23)n(C)n1.Cc1cc(-c2cnc(NCc3c(F)ccc4c3CCO4)n3cc(CN)nc23)n(C)n1.Cc1cc(S(C)(=O)=O)ccc1-c1cnc(NCc2c(F)ccc3c2CCO3)n2cc(CN)nc12. The highest BCUT2D eigenvalue weighted by Crippen LogP contribution is 2.39. The second-order valence-electron chi connectivity index (χ2n) is 31.2. The zero-order valence-electron chi connectivity index (χ0n) is 70.9. The molecule has 10 N–H and O–H groups in total. The van der Waals surface area contributed by atoms with Crippen molar-refractivity contribution in [1.82, 2.24) is 86.8 Å². The highest BCUT2D eigenvalue weighted by Gasteiger charge is 2.28. The first-order valence-corrected chi connectivity index (χ1v) is 42.8. The maximum atomic E-state index is 14.6. The summed E-state index contributed by atoms with van der Waals surface area (Å²) in [5.74, 6) is 4.12. The van der Waals surface area contributed by atoms with E-state index in [2.05, 4.69) is 66.5 Å². The number of anilines is 4. The molecule has 0 aliphatic carbocycles. The molecule has 0 saturated heterocycles. The van der Waals surface area contributed by atoms with Gasteiger partial charge in [0.05, 0.1) is 112 Å². The number of nitrogens with zero attached hydrogens (tertiary/aromatic N) is 18. The summed E-state index contributed by atoms with van der Waals surface area (Å²) in [6, 6.07) is 23.2. The summed E-state index contributed by atoms with van der Waals surface area (Å²) in [6.07, 6.45) is 18.3. The van der Waals surface area contributed by atoms with Gasteiger partial charge in [-0.25, -0.2) is 65.9 Å². The van der Waals surface area contributed by atoms with Crippen LogP contribution in [0.15, 0.2) is 139 Å². The Balaban J connectivity index is 0.000000119. The number of benzene rings is 5. The number of aromatic nitrogens is 18. The van der Waals surface area contributed by atoms with Crippen LogP contribution in [0.2, 0.25) is 0 Å². The Hall–Kier alpha value is -13.9. The van der Waals surface area contributed by atoms with Crippen molar-refractivity contribution in [2.24, 2.45) is 38.3 Å². The molecule has 126 heavy (non-hydrogen) atoms. The molecule has 5 aromatic carbocycles. The van der Waals surface area contributed by atoms with Crippen LogP contribution in [0, 0.1) is 51.0 Å². The van der Waals surface area contributed by atoms with E-state index in [0.717, 1.165) is 141 Å². The second kappa shape index (κ2) is 35.0. The van der Waals surface area contributed by atoms with E-state index in [4.69, 9.17) is 50.9 Å². The van der Waals surface area contributed by atoms with Gasteiger partial charge in [-0.1, -0.05) is 6.07 Å². The maximum Gasteiger partial charge on any atom is 0.208 e. The van der Waals surface area contributed by atoms with E-state index < -0.39 is 9.84 Å². The number of halogens is 4. The summed E-state index contributed by atoms with van der Waals surface area (Å²) in [5.41, 5.74) is 39.8. The fourth-order valence-electron chi connectivity index (χ4n) is 16.4. The summed E-state index contributed by atoms with van der Waals surface area (Å²) in [7, 11) is 3.99. The van der Waals surface area contributed by atoms with Crippen LogP contribution in [0.3, 0.4) is 0 Å². The number of nitrogens with two attached hydrogens (primary N) is 3. The number of aryl methyl sites for hydroxylation is 7. The zero-order chi connectivity index (χ0) is 88.1. The van der Waals surface area contributed by atoms with Crippen LogP contribution in [-0.4, -0.2) is 135 Å². The van der Waals surface area contributed by atoms with Crippen LogP contribution < -0.4 is 57.4 Å². The normalized spacial score (nSPS) is 13.2. The van der Waals surface area contributed by atoms with Gasteiger partial charge >= 0.3 is 0 Å².